The summed E-state index contributed by atoms with van der Waals surface area (Å²) >= 11 is 6.04. The quantitative estimate of drug-likeness (QED) is 0.198. The molecule has 47 heavy (non-hydrogen) atoms. The number of hydrogen-bond acceptors (Lipinski definition) is 7. The number of aryl methyl sites for hydroxylation is 1. The summed E-state index contributed by atoms with van der Waals surface area (Å²) in [7, 11) is 1.56. The van der Waals surface area contributed by atoms with Gasteiger partial charge in [0.2, 0.25) is 0 Å². The van der Waals surface area contributed by atoms with Crippen LogP contribution in [0, 0.1) is 6.92 Å². The fraction of sp³-hybridized carbons (Fsp3) is 0.243. The van der Waals surface area contributed by atoms with Crippen LogP contribution in [0.1, 0.15) is 57.2 Å². The maximum Gasteiger partial charge on any atom is 0.280 e. The lowest BCUT2D eigenvalue weighted by Gasteiger charge is -2.19. The van der Waals surface area contributed by atoms with Gasteiger partial charge in [-0.3, -0.25) is 9.59 Å². The van der Waals surface area contributed by atoms with Crippen LogP contribution >= 0.6 is 11.6 Å². The molecule has 0 bridgehead atoms. The van der Waals surface area contributed by atoms with Crippen molar-refractivity contribution in [1.82, 2.24) is 19.3 Å². The molecular formula is C37H39ClN6O3. The highest BCUT2D eigenvalue weighted by atomic mass is 35.5. The average Bonchev–Trinajstić information content (AvgIpc) is 3.04. The highest BCUT2D eigenvalue weighted by Gasteiger charge is 2.17. The predicted molar refractivity (Wildman–Crippen MR) is 192 cm³/mol. The number of rotatable bonds is 4. The minimum Gasteiger partial charge on any atom is -0.494 e. The molecule has 0 fully saturated rings. The van der Waals surface area contributed by atoms with Crippen LogP contribution in [0.2, 0.25) is 5.02 Å². The first kappa shape index (κ1) is 33.2. The van der Waals surface area contributed by atoms with Gasteiger partial charge in [-0.05, 0) is 59.2 Å². The van der Waals surface area contributed by atoms with Gasteiger partial charge in [-0.15, -0.1) is 0 Å². The van der Waals surface area contributed by atoms with E-state index < -0.39 is 0 Å². The molecule has 2 aromatic heterocycles. The number of benzene rings is 4. The highest BCUT2D eigenvalue weighted by molar-refractivity contribution is 6.31. The van der Waals surface area contributed by atoms with Crippen molar-refractivity contribution < 1.29 is 4.74 Å². The highest BCUT2D eigenvalue weighted by Crippen LogP contribution is 2.28. The molecule has 0 aliphatic rings. The van der Waals surface area contributed by atoms with E-state index in [9.17, 15) is 9.59 Å². The summed E-state index contributed by atoms with van der Waals surface area (Å²) < 4.78 is 7.50. The summed E-state index contributed by atoms with van der Waals surface area (Å²) in [5.74, 6) is 13.8. The van der Waals surface area contributed by atoms with Gasteiger partial charge in [-0.1, -0.05) is 101 Å². The fourth-order valence-electron chi connectivity index (χ4n) is 5.34. The number of nitrogens with zero attached hydrogens (tertiary/aromatic N) is 4. The third-order valence-electron chi connectivity index (χ3n) is 8.12. The molecule has 4 aromatic carbocycles. The number of methoxy groups -OCH3 is 1. The Labute approximate surface area is 278 Å². The molecule has 0 aliphatic carbocycles. The smallest absolute Gasteiger partial charge is 0.280 e. The SMILES string of the molecule is COc1cccc2c(=O)n(N)c(-c3ccc(C(C)(C)C)cc3)nc12.Cc1cc(Cl)cc2c(=O)n(N)c(-c3ccc(C(C)C)cc3)nc12. The van der Waals surface area contributed by atoms with Crippen LogP contribution in [0.5, 0.6) is 5.75 Å². The molecule has 4 N–H and O–H groups in total. The Balaban J connectivity index is 0.000000185. The van der Waals surface area contributed by atoms with E-state index in [0.717, 1.165) is 26.0 Å². The number of para-hydroxylation sites is 1. The van der Waals surface area contributed by atoms with Gasteiger partial charge in [0.1, 0.15) is 11.3 Å². The molecule has 0 saturated carbocycles. The van der Waals surface area contributed by atoms with Crippen LogP contribution in [-0.4, -0.2) is 26.4 Å². The van der Waals surface area contributed by atoms with E-state index in [1.54, 1.807) is 37.4 Å². The van der Waals surface area contributed by atoms with E-state index in [1.807, 2.05) is 55.5 Å². The van der Waals surface area contributed by atoms with Gasteiger partial charge in [-0.25, -0.2) is 19.3 Å². The summed E-state index contributed by atoms with van der Waals surface area (Å²) in [6.07, 6.45) is 0. The molecule has 10 heteroatoms. The lowest BCUT2D eigenvalue weighted by Crippen LogP contribution is -2.30. The Bertz CT molecular complexity index is 2220. The second-order valence-electron chi connectivity index (χ2n) is 12.8. The molecule has 0 radical (unpaired) electrons. The van der Waals surface area contributed by atoms with Crippen LogP contribution in [-0.2, 0) is 5.41 Å². The van der Waals surface area contributed by atoms with Crippen LogP contribution in [0.4, 0.5) is 0 Å². The van der Waals surface area contributed by atoms with Crippen LogP contribution in [0.25, 0.3) is 44.6 Å². The summed E-state index contributed by atoms with van der Waals surface area (Å²) in [6.45, 7) is 12.6. The molecule has 2 heterocycles. The number of aromatic nitrogens is 4. The number of nitrogen functional groups attached to an aromatic ring is 2. The molecular weight excluding hydrogens is 612 g/mol. The van der Waals surface area contributed by atoms with Crippen LogP contribution < -0.4 is 27.5 Å². The first-order chi connectivity index (χ1) is 22.2. The molecule has 242 valence electrons. The minimum absolute atomic E-state index is 0.0565. The normalized spacial score (nSPS) is 11.5. The van der Waals surface area contributed by atoms with Gasteiger partial charge in [0.25, 0.3) is 11.1 Å². The zero-order valence-electron chi connectivity index (χ0n) is 27.6. The Morgan fingerprint density at radius 3 is 1.83 bits per heavy atom. The van der Waals surface area contributed by atoms with Crippen molar-refractivity contribution in [3.05, 3.63) is 121 Å². The Morgan fingerprint density at radius 2 is 1.30 bits per heavy atom. The average molecular weight is 651 g/mol. The lowest BCUT2D eigenvalue weighted by molar-refractivity contribution is 0.419. The molecule has 0 atom stereocenters. The van der Waals surface area contributed by atoms with E-state index in [4.69, 9.17) is 28.0 Å². The summed E-state index contributed by atoms with van der Waals surface area (Å²) in [6, 6.07) is 24.5. The number of nitrogens with two attached hydrogens (primary N) is 2. The van der Waals surface area contributed by atoms with Crippen molar-refractivity contribution in [2.24, 2.45) is 0 Å². The van der Waals surface area contributed by atoms with E-state index in [2.05, 4.69) is 44.6 Å². The van der Waals surface area contributed by atoms with Gasteiger partial charge < -0.3 is 16.4 Å². The maximum atomic E-state index is 12.6. The second kappa shape index (κ2) is 12.9. The van der Waals surface area contributed by atoms with Crippen molar-refractivity contribution in [2.75, 3.05) is 18.8 Å². The topological polar surface area (TPSA) is 131 Å². The largest absolute Gasteiger partial charge is 0.494 e. The molecule has 6 aromatic rings. The summed E-state index contributed by atoms with van der Waals surface area (Å²) in [5.41, 5.74) is 5.48. The lowest BCUT2D eigenvalue weighted by atomic mass is 9.86. The first-order valence-electron chi connectivity index (χ1n) is 15.2. The van der Waals surface area contributed by atoms with E-state index in [-0.39, 0.29) is 16.5 Å². The molecule has 0 spiro atoms. The van der Waals surface area contributed by atoms with E-state index >= 15 is 0 Å². The van der Waals surface area contributed by atoms with Crippen molar-refractivity contribution in [3.63, 3.8) is 0 Å². The van der Waals surface area contributed by atoms with Crippen LogP contribution in [0.3, 0.4) is 0 Å². The van der Waals surface area contributed by atoms with Crippen molar-refractivity contribution >= 4 is 33.4 Å². The van der Waals surface area contributed by atoms with E-state index in [0.29, 0.717) is 50.1 Å². The zero-order chi connectivity index (χ0) is 34.2. The fourth-order valence-corrected chi connectivity index (χ4v) is 5.61. The third-order valence-corrected chi connectivity index (χ3v) is 8.34. The van der Waals surface area contributed by atoms with Gasteiger partial charge in [0, 0.05) is 16.1 Å². The molecule has 6 rings (SSSR count). The second-order valence-corrected chi connectivity index (χ2v) is 13.2. The Kier molecular flexibility index (Phi) is 9.13. The van der Waals surface area contributed by atoms with Gasteiger partial charge in [0.15, 0.2) is 11.6 Å². The van der Waals surface area contributed by atoms with Gasteiger partial charge in [0.05, 0.1) is 23.4 Å². The Hall–Kier alpha value is -5.15. The standard InChI is InChI=1S/C19H21N3O2.C18H18ClN3O/c1-19(2,3)13-10-8-12(9-11-13)17-21-16-14(18(23)22(17)20)6-5-7-15(16)24-4;1-10(2)12-4-6-13(7-5-12)17-21-16-11(3)8-14(19)9-15(16)18(23)22(17)20/h5-11H,20H2,1-4H3;4-10H,20H2,1-3H3. The molecule has 0 amide bonds. The van der Waals surface area contributed by atoms with Gasteiger partial charge >= 0.3 is 0 Å². The van der Waals surface area contributed by atoms with E-state index in [1.165, 1.54) is 11.1 Å². The molecule has 0 unspecified atom stereocenters. The monoisotopic (exact) mass is 650 g/mol. The van der Waals surface area contributed by atoms with Crippen LogP contribution in [0.15, 0.2) is 88.5 Å². The van der Waals surface area contributed by atoms with Gasteiger partial charge in [-0.2, -0.15) is 0 Å². The Morgan fingerprint density at radius 1 is 0.766 bits per heavy atom. The summed E-state index contributed by atoms with van der Waals surface area (Å²) in [4.78, 5) is 34.3. The maximum absolute atomic E-state index is 12.6. The number of halogens is 1. The van der Waals surface area contributed by atoms with Crippen molar-refractivity contribution in [2.45, 2.75) is 52.9 Å². The predicted octanol–water partition coefficient (Wildman–Crippen LogP) is 6.95. The number of ether oxygens (including phenoxy) is 1. The van der Waals surface area contributed by atoms with Crippen molar-refractivity contribution in [1.29, 1.82) is 0 Å². The number of hydrogen-bond donors (Lipinski definition) is 2. The first-order valence-corrected chi connectivity index (χ1v) is 15.6. The number of fused-ring (bicyclic) bond motifs is 2. The molecule has 0 aliphatic heterocycles. The zero-order valence-corrected chi connectivity index (χ0v) is 28.4. The third kappa shape index (κ3) is 6.57. The van der Waals surface area contributed by atoms with Crippen molar-refractivity contribution in [3.8, 4) is 28.5 Å². The minimum atomic E-state index is -0.302. The molecule has 9 nitrogen and oxygen atoms in total. The summed E-state index contributed by atoms with van der Waals surface area (Å²) in [5, 5.41) is 1.37. The molecule has 0 saturated heterocycles.